The minimum absolute atomic E-state index is 0.128. The molecule has 0 N–H and O–H groups in total. The molecule has 0 saturated heterocycles. The Hall–Kier alpha value is -3.25. The lowest BCUT2D eigenvalue weighted by Crippen LogP contribution is -2.43. The zero-order valence-electron chi connectivity index (χ0n) is 20.7. The summed E-state index contributed by atoms with van der Waals surface area (Å²) < 4.78 is 12.0. The number of benzene rings is 2. The molecule has 0 saturated carbocycles. The van der Waals surface area contributed by atoms with Gasteiger partial charge in [-0.2, -0.15) is 0 Å². The van der Waals surface area contributed by atoms with Crippen LogP contribution < -0.4 is 9.64 Å². The van der Waals surface area contributed by atoms with Gasteiger partial charge in [0, 0.05) is 18.1 Å². The van der Waals surface area contributed by atoms with Crippen LogP contribution in [0, 0.1) is 30.6 Å². The van der Waals surface area contributed by atoms with Crippen LogP contribution in [0.2, 0.25) is 18.1 Å². The standard InChI is InChI=1S/C29H33NO3Si/c1-8-22(19-20-32-34(6,7)29(3,4)5)26-21-23(9-2)30(27-18-14-13-17-25(26)27)28(31)33-24-15-11-10-12-16-24/h1-2,10-18,21-23H,19-20H2,3-7H3/t22-,23-/m1/s1. The summed E-state index contributed by atoms with van der Waals surface area (Å²) in [6, 6.07) is 16.0. The van der Waals surface area contributed by atoms with Gasteiger partial charge >= 0.3 is 6.09 Å². The van der Waals surface area contributed by atoms with Gasteiger partial charge in [0.15, 0.2) is 8.32 Å². The molecule has 5 heteroatoms. The molecule has 176 valence electrons. The molecule has 0 aliphatic carbocycles. The second-order valence-corrected chi connectivity index (χ2v) is 14.7. The average molecular weight is 472 g/mol. The first-order chi connectivity index (χ1) is 16.1. The van der Waals surface area contributed by atoms with Crippen LogP contribution in [0.3, 0.4) is 0 Å². The van der Waals surface area contributed by atoms with E-state index < -0.39 is 20.5 Å². The Kier molecular flexibility index (Phi) is 7.72. The SMILES string of the molecule is C#C[C@H](CCO[Si](C)(C)C(C)(C)C)C1=C[C@@H](C#C)N(C(=O)Oc2ccccc2)c2ccccc21. The fraction of sp³-hybridized carbons (Fsp3) is 0.345. The quantitative estimate of drug-likeness (QED) is 0.345. The van der Waals surface area contributed by atoms with Gasteiger partial charge in [0.05, 0.1) is 5.69 Å². The highest BCUT2D eigenvalue weighted by atomic mass is 28.4. The van der Waals surface area contributed by atoms with Gasteiger partial charge in [-0.05, 0) is 54.4 Å². The molecule has 1 amide bonds. The van der Waals surface area contributed by atoms with Gasteiger partial charge in [-0.25, -0.2) is 4.79 Å². The maximum Gasteiger partial charge on any atom is 0.421 e. The monoisotopic (exact) mass is 471 g/mol. The predicted molar refractivity (Wildman–Crippen MR) is 142 cm³/mol. The number of hydrogen-bond acceptors (Lipinski definition) is 3. The second kappa shape index (κ2) is 10.3. The highest BCUT2D eigenvalue weighted by Crippen LogP contribution is 2.40. The zero-order valence-corrected chi connectivity index (χ0v) is 21.7. The van der Waals surface area contributed by atoms with E-state index in [1.165, 1.54) is 4.90 Å². The van der Waals surface area contributed by atoms with Crippen LogP contribution in [0.4, 0.5) is 10.5 Å². The molecule has 1 aliphatic rings. The number of carbonyl (C=O) groups excluding carboxylic acids is 1. The molecule has 34 heavy (non-hydrogen) atoms. The largest absolute Gasteiger partial charge is 0.421 e. The second-order valence-electron chi connectivity index (χ2n) is 9.92. The topological polar surface area (TPSA) is 38.8 Å². The Morgan fingerprint density at radius 3 is 2.35 bits per heavy atom. The third-order valence-corrected chi connectivity index (χ3v) is 11.2. The molecule has 0 spiro atoms. The smallest absolute Gasteiger partial charge is 0.417 e. The minimum atomic E-state index is -1.88. The molecule has 3 rings (SSSR count). The number of amides is 1. The number of anilines is 1. The summed E-state index contributed by atoms with van der Waals surface area (Å²) in [5.74, 6) is 5.93. The molecule has 0 fully saturated rings. The maximum atomic E-state index is 13.1. The fourth-order valence-electron chi connectivity index (χ4n) is 3.67. The van der Waals surface area contributed by atoms with Crippen molar-refractivity contribution in [2.24, 2.45) is 5.92 Å². The van der Waals surface area contributed by atoms with Crippen LogP contribution in [0.5, 0.6) is 5.75 Å². The number of terminal acetylenes is 2. The average Bonchev–Trinajstić information content (AvgIpc) is 2.80. The highest BCUT2D eigenvalue weighted by molar-refractivity contribution is 6.74. The van der Waals surface area contributed by atoms with Crippen LogP contribution in [-0.4, -0.2) is 27.1 Å². The molecule has 2 atom stereocenters. The Morgan fingerprint density at radius 2 is 1.74 bits per heavy atom. The molecular weight excluding hydrogens is 438 g/mol. The predicted octanol–water partition coefficient (Wildman–Crippen LogP) is 6.75. The molecule has 2 aromatic carbocycles. The number of nitrogens with zero attached hydrogens (tertiary/aromatic N) is 1. The molecule has 0 aromatic heterocycles. The Bertz CT molecular complexity index is 1130. The van der Waals surface area contributed by atoms with Crippen LogP contribution in [-0.2, 0) is 4.43 Å². The van der Waals surface area contributed by atoms with Gasteiger partial charge in [-0.15, -0.1) is 12.8 Å². The Morgan fingerprint density at radius 1 is 1.09 bits per heavy atom. The first kappa shape index (κ1) is 25.4. The van der Waals surface area contributed by atoms with E-state index in [0.717, 1.165) is 11.1 Å². The van der Waals surface area contributed by atoms with E-state index in [9.17, 15) is 4.79 Å². The van der Waals surface area contributed by atoms with Gasteiger partial charge in [0.25, 0.3) is 0 Å². The summed E-state index contributed by atoms with van der Waals surface area (Å²) in [7, 11) is -1.88. The van der Waals surface area contributed by atoms with Crippen molar-refractivity contribution in [2.45, 2.75) is 51.4 Å². The van der Waals surface area contributed by atoms with Crippen molar-refractivity contribution in [2.75, 3.05) is 11.5 Å². The van der Waals surface area contributed by atoms with E-state index in [0.29, 0.717) is 24.5 Å². The van der Waals surface area contributed by atoms with Crippen molar-refractivity contribution in [1.29, 1.82) is 0 Å². The van der Waals surface area contributed by atoms with Crippen molar-refractivity contribution in [3.63, 3.8) is 0 Å². The lowest BCUT2D eigenvalue weighted by atomic mass is 9.85. The number of ether oxygens (including phenoxy) is 1. The molecule has 4 nitrogen and oxygen atoms in total. The number of fused-ring (bicyclic) bond motifs is 1. The van der Waals surface area contributed by atoms with E-state index >= 15 is 0 Å². The van der Waals surface area contributed by atoms with Crippen LogP contribution in [0.1, 0.15) is 32.8 Å². The maximum absolute atomic E-state index is 13.1. The number of hydrogen-bond donors (Lipinski definition) is 0. The summed E-state index contributed by atoms with van der Waals surface area (Å²) in [5, 5.41) is 0.128. The van der Waals surface area contributed by atoms with Crippen molar-refractivity contribution in [3.8, 4) is 30.4 Å². The van der Waals surface area contributed by atoms with E-state index in [-0.39, 0.29) is 11.0 Å². The van der Waals surface area contributed by atoms with Gasteiger partial charge in [0.2, 0.25) is 0 Å². The Labute approximate surface area is 205 Å². The van der Waals surface area contributed by atoms with E-state index in [1.54, 1.807) is 12.1 Å². The minimum Gasteiger partial charge on any atom is -0.417 e. The molecule has 0 bridgehead atoms. The van der Waals surface area contributed by atoms with Crippen molar-refractivity contribution >= 4 is 25.7 Å². The van der Waals surface area contributed by atoms with E-state index in [4.69, 9.17) is 22.0 Å². The lowest BCUT2D eigenvalue weighted by Gasteiger charge is -2.37. The van der Waals surface area contributed by atoms with Crippen molar-refractivity contribution in [3.05, 3.63) is 66.2 Å². The lowest BCUT2D eigenvalue weighted by molar-refractivity contribution is 0.207. The third kappa shape index (κ3) is 5.45. The van der Waals surface area contributed by atoms with Crippen molar-refractivity contribution in [1.82, 2.24) is 0 Å². The van der Waals surface area contributed by atoms with Crippen LogP contribution in [0.15, 0.2) is 60.7 Å². The highest BCUT2D eigenvalue weighted by Gasteiger charge is 2.38. The first-order valence-electron chi connectivity index (χ1n) is 11.5. The number of carbonyl (C=O) groups is 1. The number of allylic oxidation sites excluding steroid dienone is 1. The molecule has 0 radical (unpaired) electrons. The van der Waals surface area contributed by atoms with Gasteiger partial charge in [-0.3, -0.25) is 4.90 Å². The van der Waals surface area contributed by atoms with E-state index in [2.05, 4.69) is 45.7 Å². The third-order valence-electron chi connectivity index (χ3n) is 6.66. The molecule has 1 aliphatic heterocycles. The Balaban J connectivity index is 1.87. The summed E-state index contributed by atoms with van der Waals surface area (Å²) in [5.41, 5.74) is 2.52. The normalized spacial score (nSPS) is 16.5. The molecule has 2 aromatic rings. The summed E-state index contributed by atoms with van der Waals surface area (Å²) in [6.07, 6.45) is 13.9. The molecular formula is C29H33NO3Si. The zero-order chi connectivity index (χ0) is 24.9. The summed E-state index contributed by atoms with van der Waals surface area (Å²) in [6.45, 7) is 11.7. The van der Waals surface area contributed by atoms with Gasteiger partial charge < -0.3 is 9.16 Å². The first-order valence-corrected chi connectivity index (χ1v) is 14.4. The van der Waals surface area contributed by atoms with Crippen molar-refractivity contribution < 1.29 is 14.0 Å². The summed E-state index contributed by atoms with van der Waals surface area (Å²) >= 11 is 0. The molecule has 1 heterocycles. The van der Waals surface area contributed by atoms with Crippen LogP contribution in [0.25, 0.3) is 5.57 Å². The summed E-state index contributed by atoms with van der Waals surface area (Å²) in [4.78, 5) is 14.7. The number of rotatable bonds is 6. The number of para-hydroxylation sites is 2. The van der Waals surface area contributed by atoms with Gasteiger partial charge in [-0.1, -0.05) is 69.0 Å². The van der Waals surface area contributed by atoms with Crippen LogP contribution >= 0.6 is 0 Å². The van der Waals surface area contributed by atoms with E-state index in [1.807, 2.05) is 48.5 Å². The molecule has 0 unspecified atom stereocenters. The van der Waals surface area contributed by atoms with Gasteiger partial charge in [0.1, 0.15) is 11.8 Å². The fourth-order valence-corrected chi connectivity index (χ4v) is 4.73.